The lowest BCUT2D eigenvalue weighted by Gasteiger charge is -2.56. The van der Waals surface area contributed by atoms with Gasteiger partial charge in [0.1, 0.15) is 5.75 Å². The van der Waals surface area contributed by atoms with Crippen molar-refractivity contribution in [1.29, 1.82) is 0 Å². The highest BCUT2D eigenvalue weighted by Gasteiger charge is 2.56. The summed E-state index contributed by atoms with van der Waals surface area (Å²) >= 11 is 0. The Morgan fingerprint density at radius 3 is 2.91 bits per heavy atom. The topological polar surface area (TPSA) is 49.8 Å². The minimum absolute atomic E-state index is 0.0563. The highest BCUT2D eigenvalue weighted by molar-refractivity contribution is 5.96. The summed E-state index contributed by atoms with van der Waals surface area (Å²) in [6.45, 7) is 2.89. The standard InChI is InChI=1S/C19H23NO3/c1-11-4-5-12-8-14-13-9-16(23-3)15(21)10-19(13,6-7-20(14)2)17(12)18(11)22/h4-5,9,13-14,22H,6-8,10H2,1-3H3/t13-,14+,19-/m1/s1. The van der Waals surface area contributed by atoms with Gasteiger partial charge in [0.15, 0.2) is 11.5 Å². The molecule has 3 aliphatic rings. The number of ether oxygens (including phenoxy) is 1. The number of piperidine rings is 1. The molecule has 1 heterocycles. The third-order valence-electron chi connectivity index (χ3n) is 6.22. The van der Waals surface area contributed by atoms with Crippen molar-refractivity contribution in [1.82, 2.24) is 4.90 Å². The van der Waals surface area contributed by atoms with Crippen LogP contribution in [0.15, 0.2) is 24.0 Å². The van der Waals surface area contributed by atoms with Crippen molar-refractivity contribution in [3.63, 3.8) is 0 Å². The molecule has 4 rings (SSSR count). The molecule has 3 atom stereocenters. The number of likely N-dealkylation sites (tertiary alicyclic amines) is 1. The molecule has 4 nitrogen and oxygen atoms in total. The number of phenolic OH excluding ortho intramolecular Hbond substituents is 1. The lowest BCUT2D eigenvalue weighted by molar-refractivity contribution is -0.122. The van der Waals surface area contributed by atoms with Gasteiger partial charge in [-0.1, -0.05) is 12.1 Å². The lowest BCUT2D eigenvalue weighted by atomic mass is 9.53. The van der Waals surface area contributed by atoms with Gasteiger partial charge in [-0.2, -0.15) is 0 Å². The van der Waals surface area contributed by atoms with Gasteiger partial charge in [0.25, 0.3) is 0 Å². The van der Waals surface area contributed by atoms with E-state index >= 15 is 0 Å². The zero-order valence-electron chi connectivity index (χ0n) is 13.9. The van der Waals surface area contributed by atoms with Gasteiger partial charge in [-0.15, -0.1) is 0 Å². The summed E-state index contributed by atoms with van der Waals surface area (Å²) in [4.78, 5) is 15.0. The van der Waals surface area contributed by atoms with Crippen molar-refractivity contribution in [2.45, 2.75) is 37.6 Å². The van der Waals surface area contributed by atoms with E-state index in [1.54, 1.807) is 7.11 Å². The van der Waals surface area contributed by atoms with E-state index in [9.17, 15) is 9.90 Å². The molecule has 0 radical (unpaired) electrons. The van der Waals surface area contributed by atoms with Gasteiger partial charge in [0.05, 0.1) is 7.11 Å². The Morgan fingerprint density at radius 2 is 2.17 bits per heavy atom. The molecular weight excluding hydrogens is 290 g/mol. The Kier molecular flexibility index (Phi) is 3.11. The molecule has 0 saturated carbocycles. The van der Waals surface area contributed by atoms with Crippen molar-refractivity contribution in [3.05, 3.63) is 40.7 Å². The molecule has 0 spiro atoms. The van der Waals surface area contributed by atoms with E-state index in [1.165, 1.54) is 5.56 Å². The van der Waals surface area contributed by atoms with Crippen LogP contribution in [-0.2, 0) is 21.4 Å². The fourth-order valence-corrected chi connectivity index (χ4v) is 4.99. The Bertz CT molecular complexity index is 724. The van der Waals surface area contributed by atoms with Crippen LogP contribution in [0.3, 0.4) is 0 Å². The third kappa shape index (κ3) is 1.84. The number of aryl methyl sites for hydroxylation is 1. The molecular formula is C19H23NO3. The van der Waals surface area contributed by atoms with E-state index in [1.807, 2.05) is 19.1 Å². The van der Waals surface area contributed by atoms with Gasteiger partial charge in [0, 0.05) is 29.4 Å². The summed E-state index contributed by atoms with van der Waals surface area (Å²) in [6.07, 6.45) is 4.27. The minimum atomic E-state index is -0.278. The van der Waals surface area contributed by atoms with Crippen LogP contribution in [0.4, 0.5) is 0 Å². The number of methoxy groups -OCH3 is 1. The molecule has 122 valence electrons. The van der Waals surface area contributed by atoms with Crippen LogP contribution < -0.4 is 0 Å². The number of carbonyl (C=O) groups is 1. The summed E-state index contributed by atoms with van der Waals surface area (Å²) in [5.41, 5.74) is 2.83. The summed E-state index contributed by atoms with van der Waals surface area (Å²) in [6, 6.07) is 4.48. The number of aromatic hydroxyl groups is 1. The molecule has 4 heteroatoms. The number of rotatable bonds is 1. The molecule has 0 unspecified atom stereocenters. The predicted molar refractivity (Wildman–Crippen MR) is 87.5 cm³/mol. The van der Waals surface area contributed by atoms with Crippen molar-refractivity contribution >= 4 is 5.78 Å². The average molecular weight is 313 g/mol. The van der Waals surface area contributed by atoms with Crippen LogP contribution in [-0.4, -0.2) is 42.5 Å². The predicted octanol–water partition coefficient (Wildman–Crippen LogP) is 2.32. The number of hydrogen-bond acceptors (Lipinski definition) is 4. The smallest absolute Gasteiger partial charge is 0.197 e. The number of Topliss-reactive ketones (excluding diaryl/α,β-unsaturated/α-hetero) is 1. The Labute approximate surface area is 136 Å². The number of allylic oxidation sites excluding steroid dienone is 1. The summed E-state index contributed by atoms with van der Waals surface area (Å²) in [5.74, 6) is 1.15. The SMILES string of the molecule is COC1=C[C@@H]2[C@@H]3Cc4ccc(C)c(O)c4[C@]2(CCN3C)CC1=O. The maximum absolute atomic E-state index is 12.6. The van der Waals surface area contributed by atoms with Gasteiger partial charge in [-0.3, -0.25) is 4.79 Å². The van der Waals surface area contributed by atoms with Crippen LogP contribution in [0.25, 0.3) is 0 Å². The molecule has 2 bridgehead atoms. The normalized spacial score (nSPS) is 32.8. The molecule has 0 amide bonds. The molecule has 1 saturated heterocycles. The van der Waals surface area contributed by atoms with Gasteiger partial charge in [0.2, 0.25) is 0 Å². The van der Waals surface area contributed by atoms with E-state index in [2.05, 4.69) is 18.0 Å². The lowest BCUT2D eigenvalue weighted by Crippen LogP contribution is -2.60. The first-order chi connectivity index (χ1) is 11.0. The summed E-state index contributed by atoms with van der Waals surface area (Å²) in [7, 11) is 3.73. The number of carbonyl (C=O) groups excluding carboxylic acids is 1. The largest absolute Gasteiger partial charge is 0.507 e. The van der Waals surface area contributed by atoms with E-state index in [-0.39, 0.29) is 17.1 Å². The first kappa shape index (κ1) is 14.8. The van der Waals surface area contributed by atoms with Crippen molar-refractivity contribution in [2.24, 2.45) is 5.92 Å². The maximum Gasteiger partial charge on any atom is 0.197 e. The first-order valence-corrected chi connectivity index (χ1v) is 8.29. The Morgan fingerprint density at radius 1 is 1.39 bits per heavy atom. The highest BCUT2D eigenvalue weighted by atomic mass is 16.5. The molecule has 1 fully saturated rings. The first-order valence-electron chi connectivity index (χ1n) is 8.29. The fourth-order valence-electron chi connectivity index (χ4n) is 4.99. The fraction of sp³-hybridized carbons (Fsp3) is 0.526. The van der Waals surface area contributed by atoms with Crippen molar-refractivity contribution in [3.8, 4) is 5.75 Å². The van der Waals surface area contributed by atoms with Gasteiger partial charge >= 0.3 is 0 Å². The number of ketones is 1. The molecule has 1 aromatic rings. The quantitative estimate of drug-likeness (QED) is 0.864. The van der Waals surface area contributed by atoms with Crippen LogP contribution in [0.2, 0.25) is 0 Å². The summed E-state index contributed by atoms with van der Waals surface area (Å²) < 4.78 is 5.32. The minimum Gasteiger partial charge on any atom is -0.507 e. The van der Waals surface area contributed by atoms with Gasteiger partial charge in [-0.05, 0) is 50.6 Å². The van der Waals surface area contributed by atoms with Crippen LogP contribution in [0.5, 0.6) is 5.75 Å². The Balaban J connectivity index is 1.98. The van der Waals surface area contributed by atoms with E-state index < -0.39 is 0 Å². The van der Waals surface area contributed by atoms with Crippen LogP contribution in [0, 0.1) is 12.8 Å². The second-order valence-electron chi connectivity index (χ2n) is 7.28. The molecule has 1 aromatic carbocycles. The van der Waals surface area contributed by atoms with E-state index in [0.717, 1.165) is 30.5 Å². The monoisotopic (exact) mass is 313 g/mol. The number of phenols is 1. The number of nitrogens with zero attached hydrogens (tertiary/aromatic N) is 1. The maximum atomic E-state index is 12.6. The molecule has 0 aromatic heterocycles. The van der Waals surface area contributed by atoms with Gasteiger partial charge < -0.3 is 14.7 Å². The summed E-state index contributed by atoms with van der Waals surface area (Å²) in [5, 5.41) is 10.8. The van der Waals surface area contributed by atoms with Crippen LogP contribution >= 0.6 is 0 Å². The number of likely N-dealkylation sites (N-methyl/N-ethyl adjacent to an activating group) is 1. The molecule has 23 heavy (non-hydrogen) atoms. The van der Waals surface area contributed by atoms with Gasteiger partial charge in [-0.25, -0.2) is 0 Å². The highest BCUT2D eigenvalue weighted by Crippen LogP contribution is 2.56. The van der Waals surface area contributed by atoms with Crippen molar-refractivity contribution < 1.29 is 14.6 Å². The zero-order valence-corrected chi connectivity index (χ0v) is 13.9. The zero-order chi connectivity index (χ0) is 16.4. The third-order valence-corrected chi connectivity index (χ3v) is 6.22. The van der Waals surface area contributed by atoms with E-state index in [0.29, 0.717) is 24.0 Å². The molecule has 1 N–H and O–H groups in total. The Hall–Kier alpha value is -1.81. The number of fused-ring (bicyclic) bond motifs is 1. The molecule has 2 aliphatic carbocycles. The number of hydrogen-bond donors (Lipinski definition) is 1. The second kappa shape index (κ2) is 4.84. The average Bonchev–Trinajstić information content (AvgIpc) is 2.53. The van der Waals surface area contributed by atoms with Crippen molar-refractivity contribution in [2.75, 3.05) is 20.7 Å². The van der Waals surface area contributed by atoms with Crippen LogP contribution in [0.1, 0.15) is 29.5 Å². The second-order valence-corrected chi connectivity index (χ2v) is 7.28. The molecule has 1 aliphatic heterocycles. The van der Waals surface area contributed by atoms with E-state index in [4.69, 9.17) is 4.74 Å². The number of benzene rings is 1.